The Morgan fingerprint density at radius 3 is 2.53 bits per heavy atom. The van der Waals surface area contributed by atoms with Crippen molar-refractivity contribution in [1.29, 1.82) is 0 Å². The Bertz CT molecular complexity index is 1810. The quantitative estimate of drug-likeness (QED) is 0.138. The summed E-state index contributed by atoms with van der Waals surface area (Å²) >= 11 is 0. The van der Waals surface area contributed by atoms with Gasteiger partial charge in [0, 0.05) is 63.0 Å². The lowest BCUT2D eigenvalue weighted by Crippen LogP contribution is -2.51. The van der Waals surface area contributed by atoms with Crippen LogP contribution in [0.3, 0.4) is 0 Å². The first-order chi connectivity index (χ1) is 24.4. The first-order valence-electron chi connectivity index (χ1n) is 18.0. The number of aromatic amines is 1. The molecule has 1 amide bonds. The molecule has 0 spiro atoms. The standard InChI is InChI=1S/C35H51N11O5/c1-35(2,3)34(50)40-21-4-5-24-25(16-21)42-27(41-24)18-44-10-6-22(7-11-44)45(15-14-43-12-8-23(47)9-13-43)17-26-29(48)30(49)33(51-26)46-20-39-28-31(36)37-19-38-32(28)46/h4-5,16,19-20,22-23,26,29-30,33,47-49H,6-15,17-18H2,1-3H3,(H,40,50)(H,41,42)(H2,36,37,38)/t26-,29-,30-,33-/m1/s1. The van der Waals surface area contributed by atoms with Gasteiger partial charge in [-0.15, -0.1) is 0 Å². The summed E-state index contributed by atoms with van der Waals surface area (Å²) in [6.07, 6.45) is 2.27. The van der Waals surface area contributed by atoms with Crippen LogP contribution in [0.1, 0.15) is 58.5 Å². The maximum atomic E-state index is 12.5. The molecule has 0 bridgehead atoms. The first kappa shape index (κ1) is 35.6. The molecule has 3 aliphatic heterocycles. The maximum absolute atomic E-state index is 12.5. The van der Waals surface area contributed by atoms with Crippen molar-refractivity contribution in [2.45, 2.75) is 89.7 Å². The van der Waals surface area contributed by atoms with Crippen molar-refractivity contribution in [1.82, 2.24) is 44.2 Å². The molecule has 16 nitrogen and oxygen atoms in total. The second-order valence-electron chi connectivity index (χ2n) is 15.3. The molecule has 0 saturated carbocycles. The number of aliphatic hydroxyl groups excluding tert-OH is 3. The number of H-pyrrole nitrogens is 1. The van der Waals surface area contributed by atoms with E-state index in [0.29, 0.717) is 24.3 Å². The largest absolute Gasteiger partial charge is 0.393 e. The van der Waals surface area contributed by atoms with Crippen molar-refractivity contribution in [3.8, 4) is 0 Å². The van der Waals surface area contributed by atoms with Crippen LogP contribution in [-0.2, 0) is 16.1 Å². The van der Waals surface area contributed by atoms with E-state index in [1.54, 1.807) is 4.57 Å². The highest BCUT2D eigenvalue weighted by atomic mass is 16.6. The van der Waals surface area contributed by atoms with E-state index in [2.05, 4.69) is 40.0 Å². The SMILES string of the molecule is CC(C)(C)C(=O)Nc1ccc2nc(CN3CCC(N(CCN4CCC(O)CC4)C[C@H]4O[C@@H](n5cnc6c(N)ncnc65)[C@H](O)[C@@H]4O)CC3)[nH]c2c1. The number of aliphatic hydroxyl groups is 3. The van der Waals surface area contributed by atoms with Gasteiger partial charge in [0.25, 0.3) is 0 Å². The predicted molar refractivity (Wildman–Crippen MR) is 191 cm³/mol. The molecule has 4 aromatic rings. The molecule has 276 valence electrons. The predicted octanol–water partition coefficient (Wildman–Crippen LogP) is 1.31. The smallest absolute Gasteiger partial charge is 0.229 e. The third-order valence-corrected chi connectivity index (χ3v) is 10.6. The average molecular weight is 706 g/mol. The third-order valence-electron chi connectivity index (χ3n) is 10.6. The Hall–Kier alpha value is -3.77. The number of hydrogen-bond donors (Lipinski definition) is 6. The van der Waals surface area contributed by atoms with Crippen LogP contribution < -0.4 is 11.1 Å². The summed E-state index contributed by atoms with van der Waals surface area (Å²) < 4.78 is 7.98. The number of anilines is 2. The molecule has 0 radical (unpaired) electrons. The van der Waals surface area contributed by atoms with Crippen LogP contribution in [0.4, 0.5) is 11.5 Å². The van der Waals surface area contributed by atoms with E-state index < -0.39 is 30.0 Å². The number of benzene rings is 1. The summed E-state index contributed by atoms with van der Waals surface area (Å²) in [6.45, 7) is 11.9. The number of hydrogen-bond acceptors (Lipinski definition) is 13. The Kier molecular flexibility index (Phi) is 10.3. The van der Waals surface area contributed by atoms with Crippen LogP contribution in [-0.4, -0.2) is 142 Å². The number of nitrogens with zero attached hydrogens (tertiary/aromatic N) is 8. The molecule has 4 atom stereocenters. The molecule has 51 heavy (non-hydrogen) atoms. The zero-order valence-corrected chi connectivity index (χ0v) is 29.6. The number of carbonyl (C=O) groups excluding carboxylic acids is 1. The zero-order chi connectivity index (χ0) is 35.9. The Morgan fingerprint density at radius 1 is 1.04 bits per heavy atom. The van der Waals surface area contributed by atoms with Crippen molar-refractivity contribution in [3.63, 3.8) is 0 Å². The maximum Gasteiger partial charge on any atom is 0.229 e. The molecule has 3 aliphatic rings. The molecule has 7 N–H and O–H groups in total. The number of carbonyl (C=O) groups is 1. The van der Waals surface area contributed by atoms with Crippen molar-refractivity contribution >= 4 is 39.6 Å². The lowest BCUT2D eigenvalue weighted by molar-refractivity contribution is -0.123. The Labute approximate surface area is 297 Å². The molecular weight excluding hydrogens is 654 g/mol. The number of imidazole rings is 2. The van der Waals surface area contributed by atoms with Gasteiger partial charge in [0.1, 0.15) is 36.0 Å². The van der Waals surface area contributed by atoms with Crippen molar-refractivity contribution in [3.05, 3.63) is 36.7 Å². The van der Waals surface area contributed by atoms with Gasteiger partial charge >= 0.3 is 0 Å². The average Bonchev–Trinajstić information content (AvgIpc) is 3.79. The van der Waals surface area contributed by atoms with Crippen LogP contribution in [0.15, 0.2) is 30.9 Å². The highest BCUT2D eigenvalue weighted by Gasteiger charge is 2.45. The number of ether oxygens (including phenoxy) is 1. The molecule has 0 unspecified atom stereocenters. The molecule has 0 aliphatic carbocycles. The molecule has 3 aromatic heterocycles. The van der Waals surface area contributed by atoms with Gasteiger partial charge in [0.05, 0.1) is 30.0 Å². The number of amides is 1. The van der Waals surface area contributed by atoms with Gasteiger partial charge < -0.3 is 41.0 Å². The summed E-state index contributed by atoms with van der Waals surface area (Å²) in [4.78, 5) is 40.6. The summed E-state index contributed by atoms with van der Waals surface area (Å²) in [6, 6.07) is 6.01. The van der Waals surface area contributed by atoms with E-state index in [0.717, 1.165) is 87.5 Å². The van der Waals surface area contributed by atoms with Crippen LogP contribution in [0.25, 0.3) is 22.2 Å². The van der Waals surface area contributed by atoms with Crippen LogP contribution >= 0.6 is 0 Å². The van der Waals surface area contributed by atoms with E-state index in [1.807, 2.05) is 39.0 Å². The van der Waals surface area contributed by atoms with Crippen LogP contribution in [0, 0.1) is 5.41 Å². The van der Waals surface area contributed by atoms with Crippen molar-refractivity contribution in [2.75, 3.05) is 56.9 Å². The molecule has 3 saturated heterocycles. The van der Waals surface area contributed by atoms with E-state index in [9.17, 15) is 20.1 Å². The van der Waals surface area contributed by atoms with E-state index in [-0.39, 0.29) is 23.9 Å². The molecule has 3 fully saturated rings. The first-order valence-corrected chi connectivity index (χ1v) is 18.0. The van der Waals surface area contributed by atoms with E-state index >= 15 is 0 Å². The number of aromatic nitrogens is 6. The number of nitrogens with two attached hydrogens (primary N) is 1. The van der Waals surface area contributed by atoms with Crippen LogP contribution in [0.2, 0.25) is 0 Å². The van der Waals surface area contributed by atoms with Gasteiger partial charge in [-0.3, -0.25) is 19.2 Å². The normalized spacial score (nSPS) is 24.7. The fraction of sp³-hybridized carbons (Fsp3) is 0.629. The van der Waals surface area contributed by atoms with Crippen molar-refractivity contribution < 1.29 is 24.9 Å². The summed E-state index contributed by atoms with van der Waals surface area (Å²) in [5.74, 6) is 1.08. The Balaban J connectivity index is 1.00. The van der Waals surface area contributed by atoms with Crippen molar-refractivity contribution in [2.24, 2.45) is 5.41 Å². The topological polar surface area (TPSA) is 207 Å². The fourth-order valence-corrected chi connectivity index (χ4v) is 7.42. The molecule has 1 aromatic carbocycles. The Morgan fingerprint density at radius 2 is 1.78 bits per heavy atom. The second-order valence-corrected chi connectivity index (χ2v) is 15.3. The summed E-state index contributed by atoms with van der Waals surface area (Å²) in [7, 11) is 0. The van der Waals surface area contributed by atoms with E-state index in [1.165, 1.54) is 12.7 Å². The molecule has 6 heterocycles. The number of nitrogens with one attached hydrogen (secondary N) is 2. The van der Waals surface area contributed by atoms with Crippen LogP contribution in [0.5, 0.6) is 0 Å². The minimum Gasteiger partial charge on any atom is -0.393 e. The number of nitrogen functional groups attached to an aromatic ring is 1. The monoisotopic (exact) mass is 705 g/mol. The number of fused-ring (bicyclic) bond motifs is 2. The fourth-order valence-electron chi connectivity index (χ4n) is 7.42. The molecule has 16 heteroatoms. The minimum absolute atomic E-state index is 0.0364. The summed E-state index contributed by atoms with van der Waals surface area (Å²) in [5, 5.41) is 35.4. The molecular formula is C35H51N11O5. The van der Waals surface area contributed by atoms with Gasteiger partial charge in [0.2, 0.25) is 5.91 Å². The highest BCUT2D eigenvalue weighted by molar-refractivity contribution is 5.96. The molecule has 7 rings (SSSR count). The number of likely N-dealkylation sites (tertiary alicyclic amines) is 2. The lowest BCUT2D eigenvalue weighted by Gasteiger charge is -2.40. The second kappa shape index (κ2) is 14.7. The summed E-state index contributed by atoms with van der Waals surface area (Å²) in [5.41, 5.74) is 8.85. The minimum atomic E-state index is -1.18. The number of piperidine rings is 2. The van der Waals surface area contributed by atoms with Gasteiger partial charge in [-0.25, -0.2) is 19.9 Å². The number of rotatable bonds is 10. The van der Waals surface area contributed by atoms with Gasteiger partial charge in [0.15, 0.2) is 17.7 Å². The van der Waals surface area contributed by atoms with Gasteiger partial charge in [-0.2, -0.15) is 0 Å². The highest BCUT2D eigenvalue weighted by Crippen LogP contribution is 2.33. The van der Waals surface area contributed by atoms with E-state index in [4.69, 9.17) is 15.5 Å². The van der Waals surface area contributed by atoms with Gasteiger partial charge in [-0.1, -0.05) is 20.8 Å². The third kappa shape index (κ3) is 7.87. The van der Waals surface area contributed by atoms with Gasteiger partial charge in [-0.05, 0) is 43.9 Å². The lowest BCUT2D eigenvalue weighted by atomic mass is 9.95. The zero-order valence-electron chi connectivity index (χ0n) is 29.6.